The number of para-hydroxylation sites is 1. The van der Waals surface area contributed by atoms with Crippen LogP contribution < -0.4 is 10.4 Å². The summed E-state index contributed by atoms with van der Waals surface area (Å²) in [7, 11) is -1.44. The minimum atomic E-state index is -3.47. The lowest BCUT2D eigenvalue weighted by Crippen LogP contribution is -2.54. The molecule has 1 atom stereocenters. The van der Waals surface area contributed by atoms with Gasteiger partial charge in [-0.2, -0.15) is 4.31 Å². The molecule has 3 aliphatic heterocycles. The van der Waals surface area contributed by atoms with Gasteiger partial charge in [-0.3, -0.25) is 5.48 Å². The summed E-state index contributed by atoms with van der Waals surface area (Å²) in [6.45, 7) is 5.53. The fourth-order valence-electron chi connectivity index (χ4n) is 4.99. The highest BCUT2D eigenvalue weighted by Gasteiger charge is 2.58. The van der Waals surface area contributed by atoms with Crippen LogP contribution in [-0.4, -0.2) is 38.6 Å². The average molecular weight is 426 g/mol. The second-order valence-corrected chi connectivity index (χ2v) is 10.7. The molecule has 0 aromatic heterocycles. The van der Waals surface area contributed by atoms with Crippen LogP contribution in [0.15, 0.2) is 59.5 Å². The van der Waals surface area contributed by atoms with Gasteiger partial charge in [-0.1, -0.05) is 44.2 Å². The van der Waals surface area contributed by atoms with Crippen LogP contribution in [0.5, 0.6) is 0 Å². The van der Waals surface area contributed by atoms with Gasteiger partial charge in [0.1, 0.15) is 0 Å². The number of sulfonamides is 1. The highest BCUT2D eigenvalue weighted by molar-refractivity contribution is 7.89. The molecule has 158 valence electrons. The molecule has 1 N–H and O–H groups in total. The Hall–Kier alpha value is -2.35. The van der Waals surface area contributed by atoms with Crippen LogP contribution in [-0.2, 0) is 20.3 Å². The molecule has 0 radical (unpaired) electrons. The van der Waals surface area contributed by atoms with E-state index < -0.39 is 15.7 Å². The molecule has 7 heteroatoms. The summed E-state index contributed by atoms with van der Waals surface area (Å²) in [4.78, 5) is 8.70. The summed E-state index contributed by atoms with van der Waals surface area (Å²) < 4.78 is 27.6. The van der Waals surface area contributed by atoms with Crippen molar-refractivity contribution in [2.45, 2.75) is 42.7 Å². The smallest absolute Gasteiger partial charge is 0.243 e. The maximum absolute atomic E-state index is 13.0. The molecule has 0 aliphatic carbocycles. The number of rotatable bonds is 3. The maximum atomic E-state index is 13.0. The number of benzene rings is 2. The number of nitrogens with one attached hydrogen (secondary N) is 1. The van der Waals surface area contributed by atoms with Crippen LogP contribution in [0.1, 0.15) is 37.8 Å². The number of fused-ring (bicyclic) bond motifs is 1. The molecule has 3 heterocycles. The Morgan fingerprint density at radius 1 is 1.03 bits per heavy atom. The molecule has 6 nitrogen and oxygen atoms in total. The molecule has 2 aromatic rings. The van der Waals surface area contributed by atoms with E-state index in [0.717, 1.165) is 29.8 Å². The molecule has 5 rings (SSSR count). The fourth-order valence-corrected chi connectivity index (χ4v) is 6.55. The number of nitrogens with zero attached hydrogens (tertiary/aromatic N) is 2. The summed E-state index contributed by atoms with van der Waals surface area (Å²) in [5, 5.41) is 0. The van der Waals surface area contributed by atoms with Gasteiger partial charge in [0.15, 0.2) is 5.72 Å². The second kappa shape index (κ2) is 6.57. The van der Waals surface area contributed by atoms with Crippen LogP contribution in [0.25, 0.3) is 5.70 Å². The Labute approximate surface area is 178 Å². The Morgan fingerprint density at radius 3 is 2.50 bits per heavy atom. The lowest BCUT2D eigenvalue weighted by Gasteiger charge is -2.39. The number of hydrogen-bond acceptors (Lipinski definition) is 5. The van der Waals surface area contributed by atoms with Gasteiger partial charge in [0.2, 0.25) is 10.0 Å². The zero-order valence-corrected chi connectivity index (χ0v) is 18.4. The van der Waals surface area contributed by atoms with Crippen LogP contribution in [0, 0.1) is 0 Å². The summed E-state index contributed by atoms with van der Waals surface area (Å²) >= 11 is 0. The van der Waals surface area contributed by atoms with E-state index in [-0.39, 0.29) is 5.41 Å². The zero-order chi connectivity index (χ0) is 21.1. The topological polar surface area (TPSA) is 61.9 Å². The Morgan fingerprint density at radius 2 is 1.77 bits per heavy atom. The van der Waals surface area contributed by atoms with E-state index in [4.69, 9.17) is 4.84 Å². The van der Waals surface area contributed by atoms with Crippen molar-refractivity contribution < 1.29 is 13.3 Å². The normalized spacial score (nSPS) is 25.4. The third-order valence-electron chi connectivity index (χ3n) is 6.84. The molecular formula is C23H27N3O3S. The van der Waals surface area contributed by atoms with Crippen molar-refractivity contribution in [3.05, 3.63) is 65.7 Å². The standard InChI is InChI=1S/C23H27N3O3S/c1-22(2)19-11-4-5-12-21(19)25(3)23(22)16-20(24-29-23)17-9-8-10-18(15-17)30(27,28)26-13-6-7-14-26/h4-5,8-12,15-16,24H,6-7,13-14H2,1-3H3/t23-/m0/s1. The van der Waals surface area contributed by atoms with Gasteiger partial charge in [0.05, 0.1) is 10.6 Å². The van der Waals surface area contributed by atoms with Gasteiger partial charge >= 0.3 is 0 Å². The summed E-state index contributed by atoms with van der Waals surface area (Å²) in [6.07, 6.45) is 3.92. The van der Waals surface area contributed by atoms with E-state index in [9.17, 15) is 8.42 Å². The van der Waals surface area contributed by atoms with E-state index >= 15 is 0 Å². The number of anilines is 1. The van der Waals surface area contributed by atoms with Crippen molar-refractivity contribution in [2.24, 2.45) is 0 Å². The minimum absolute atomic E-state index is 0.299. The van der Waals surface area contributed by atoms with Crippen molar-refractivity contribution in [2.75, 3.05) is 25.0 Å². The van der Waals surface area contributed by atoms with Crippen molar-refractivity contribution in [1.82, 2.24) is 9.79 Å². The predicted molar refractivity (Wildman–Crippen MR) is 117 cm³/mol. The van der Waals surface area contributed by atoms with Gasteiger partial charge in [0, 0.05) is 36.8 Å². The van der Waals surface area contributed by atoms with Crippen molar-refractivity contribution in [3.63, 3.8) is 0 Å². The molecule has 0 saturated carbocycles. The average Bonchev–Trinajstić information content (AvgIpc) is 3.47. The Balaban J connectivity index is 1.54. The first-order chi connectivity index (χ1) is 14.3. The first kappa shape index (κ1) is 19.6. The molecule has 0 unspecified atom stereocenters. The van der Waals surface area contributed by atoms with E-state index in [1.807, 2.05) is 25.2 Å². The molecule has 0 amide bonds. The van der Waals surface area contributed by atoms with Crippen LogP contribution in [0.3, 0.4) is 0 Å². The highest BCUT2D eigenvalue weighted by Crippen LogP contribution is 2.54. The first-order valence-corrected chi connectivity index (χ1v) is 11.8. The first-order valence-electron chi connectivity index (χ1n) is 10.4. The second-order valence-electron chi connectivity index (χ2n) is 8.80. The predicted octanol–water partition coefficient (Wildman–Crippen LogP) is 3.47. The lowest BCUT2D eigenvalue weighted by molar-refractivity contribution is -0.0678. The van der Waals surface area contributed by atoms with Crippen LogP contribution >= 0.6 is 0 Å². The van der Waals surface area contributed by atoms with E-state index in [0.29, 0.717) is 18.0 Å². The summed E-state index contributed by atoms with van der Waals surface area (Å²) in [6, 6.07) is 15.4. The van der Waals surface area contributed by atoms with Gasteiger partial charge in [-0.05, 0) is 42.7 Å². The molecule has 3 aliphatic rings. The van der Waals surface area contributed by atoms with Gasteiger partial charge in [-0.15, -0.1) is 0 Å². The summed E-state index contributed by atoms with van der Waals surface area (Å²) in [5.74, 6) is 0. The lowest BCUT2D eigenvalue weighted by atomic mass is 9.77. The van der Waals surface area contributed by atoms with Crippen LogP contribution in [0.2, 0.25) is 0 Å². The molecule has 2 aromatic carbocycles. The maximum Gasteiger partial charge on any atom is 0.243 e. The Bertz CT molecular complexity index is 1140. The van der Waals surface area contributed by atoms with Crippen LogP contribution in [0.4, 0.5) is 5.69 Å². The van der Waals surface area contributed by atoms with Crippen molar-refractivity contribution in [3.8, 4) is 0 Å². The van der Waals surface area contributed by atoms with E-state index in [1.54, 1.807) is 22.5 Å². The monoisotopic (exact) mass is 425 g/mol. The highest BCUT2D eigenvalue weighted by atomic mass is 32.2. The number of likely N-dealkylation sites (N-methyl/N-ethyl adjacent to an activating group) is 1. The van der Waals surface area contributed by atoms with E-state index in [1.165, 1.54) is 5.56 Å². The molecule has 30 heavy (non-hydrogen) atoms. The van der Waals surface area contributed by atoms with Crippen molar-refractivity contribution >= 4 is 21.4 Å². The summed E-state index contributed by atoms with van der Waals surface area (Å²) in [5.41, 5.74) is 6.02. The number of hydrogen-bond donors (Lipinski definition) is 1. The molecule has 1 spiro atoms. The molecule has 1 fully saturated rings. The third-order valence-corrected chi connectivity index (χ3v) is 8.73. The zero-order valence-electron chi connectivity index (χ0n) is 17.6. The quantitative estimate of drug-likeness (QED) is 0.816. The van der Waals surface area contributed by atoms with Crippen molar-refractivity contribution in [1.29, 1.82) is 0 Å². The third kappa shape index (κ3) is 2.58. The fraction of sp³-hybridized carbons (Fsp3) is 0.391. The molecule has 0 bridgehead atoms. The number of hydroxylamine groups is 1. The molecule has 1 saturated heterocycles. The minimum Gasteiger partial charge on any atom is -0.340 e. The van der Waals surface area contributed by atoms with Gasteiger partial charge in [0.25, 0.3) is 0 Å². The Kier molecular flexibility index (Phi) is 4.29. The molecular weight excluding hydrogens is 398 g/mol. The van der Waals surface area contributed by atoms with Gasteiger partial charge in [-0.25, -0.2) is 13.3 Å². The van der Waals surface area contributed by atoms with Gasteiger partial charge < -0.3 is 4.90 Å². The SMILES string of the molecule is CN1c2ccccc2C(C)(C)[C@@]12C=C(c1cccc(S(=O)(=O)N3CCCC3)c1)NO2. The largest absolute Gasteiger partial charge is 0.340 e. The van der Waals surface area contributed by atoms with E-state index in [2.05, 4.69) is 42.4 Å².